The number of carbonyl (C=O) groups excluding carboxylic acids is 3. The Hall–Kier alpha value is -2.51. The lowest BCUT2D eigenvalue weighted by Gasteiger charge is -2.26. The third-order valence-corrected chi connectivity index (χ3v) is 5.03. The van der Waals surface area contributed by atoms with Crippen LogP contribution in [-0.4, -0.2) is 47.0 Å². The van der Waals surface area contributed by atoms with Gasteiger partial charge in [-0.25, -0.2) is 0 Å². The van der Waals surface area contributed by atoms with Crippen molar-refractivity contribution < 1.29 is 30.2 Å². The first kappa shape index (κ1) is 26.5. The van der Waals surface area contributed by atoms with E-state index < -0.39 is 41.9 Å². The van der Waals surface area contributed by atoms with Gasteiger partial charge in [-0.3, -0.25) is 19.2 Å². The summed E-state index contributed by atoms with van der Waals surface area (Å²) in [6, 6.07) is 5.31. The molecule has 0 fully saturated rings. The zero-order valence-corrected chi connectivity index (χ0v) is 19.7. The molecule has 0 aliphatic carbocycles. The Labute approximate surface area is 186 Å². The second-order valence-corrected chi connectivity index (χ2v) is 8.51. The standard InChI is InChI=1S/C21H32N3O6P.H2/c1-6-16(30-31)15(11-17(25)26)24-18(27)12(2)22-19(28)20(29)23-14-10-8-7-9-13(14)21(3,4)5;/h7-10,12,15-16H,6,11,31H2,1-5H3,(H,22,28)(H,23,29)(H,24,27)(H,25,26);1H/t12-,15-,16?;/m0./s1/i;1+2. The number of amides is 3. The van der Waals surface area contributed by atoms with Gasteiger partial charge in [-0.1, -0.05) is 45.9 Å². The van der Waals surface area contributed by atoms with Crippen molar-refractivity contribution in [3.05, 3.63) is 29.8 Å². The fraction of sp³-hybridized carbons (Fsp3) is 0.524. The molecule has 0 saturated heterocycles. The average molecular weight is 458 g/mol. The Morgan fingerprint density at radius 1 is 1.13 bits per heavy atom. The van der Waals surface area contributed by atoms with E-state index in [1.54, 1.807) is 19.1 Å². The van der Waals surface area contributed by atoms with Gasteiger partial charge in [0, 0.05) is 16.6 Å². The van der Waals surface area contributed by atoms with E-state index in [0.717, 1.165) is 5.56 Å². The molecular formula is C21H34N3O6P. The number of aliphatic carboxylic acids is 1. The van der Waals surface area contributed by atoms with Gasteiger partial charge in [0.15, 0.2) is 0 Å². The third-order valence-electron chi connectivity index (χ3n) is 4.68. The van der Waals surface area contributed by atoms with E-state index in [4.69, 9.17) is 9.63 Å². The van der Waals surface area contributed by atoms with Gasteiger partial charge in [-0.15, -0.1) is 0 Å². The average Bonchev–Trinajstić information content (AvgIpc) is 2.67. The normalized spacial score (nSPS) is 14.1. The number of hydrogen-bond acceptors (Lipinski definition) is 5. The third kappa shape index (κ3) is 8.26. The first-order chi connectivity index (χ1) is 14.4. The molecule has 0 aliphatic heterocycles. The Kier molecular flexibility index (Phi) is 10.1. The summed E-state index contributed by atoms with van der Waals surface area (Å²) < 4.78 is 5.15. The molecule has 4 atom stereocenters. The lowest BCUT2D eigenvalue weighted by molar-refractivity contribution is -0.139. The number of nitrogens with one attached hydrogen (secondary N) is 3. The largest absolute Gasteiger partial charge is 0.481 e. The first-order valence-corrected chi connectivity index (χ1v) is 10.5. The van der Waals surface area contributed by atoms with Gasteiger partial charge < -0.3 is 25.6 Å². The fourth-order valence-corrected chi connectivity index (χ4v) is 3.38. The summed E-state index contributed by atoms with van der Waals surface area (Å²) in [5, 5.41) is 16.6. The SMILES string of the molecule is CCC(OP)[C@H](CC(=O)O)NC(=O)[C@H](C)NC(=O)C(=O)Nc1ccccc1C(C)(C)C.[3HH]. The molecule has 3 amide bonds. The van der Waals surface area contributed by atoms with Gasteiger partial charge in [0.1, 0.15) is 6.04 Å². The van der Waals surface area contributed by atoms with E-state index in [1.165, 1.54) is 6.92 Å². The van der Waals surface area contributed by atoms with Crippen molar-refractivity contribution >= 4 is 38.8 Å². The van der Waals surface area contributed by atoms with Crippen molar-refractivity contribution in [2.75, 3.05) is 5.32 Å². The quantitative estimate of drug-likeness (QED) is 0.332. The Morgan fingerprint density at radius 3 is 2.26 bits per heavy atom. The smallest absolute Gasteiger partial charge is 0.313 e. The maximum absolute atomic E-state index is 12.5. The van der Waals surface area contributed by atoms with Crippen LogP contribution in [0.3, 0.4) is 0 Å². The van der Waals surface area contributed by atoms with Crippen molar-refractivity contribution in [1.82, 2.24) is 10.6 Å². The number of carboxylic acid groups (broad SMARTS) is 1. The van der Waals surface area contributed by atoms with Crippen molar-refractivity contribution in [2.45, 2.75) is 71.1 Å². The Balaban J connectivity index is 0.00000961. The first-order valence-electron chi connectivity index (χ1n) is 9.99. The van der Waals surface area contributed by atoms with Crippen molar-refractivity contribution in [1.29, 1.82) is 0 Å². The molecule has 0 radical (unpaired) electrons. The van der Waals surface area contributed by atoms with Crippen LogP contribution in [0.1, 0.15) is 54.5 Å². The summed E-state index contributed by atoms with van der Waals surface area (Å²) >= 11 is 0. The summed E-state index contributed by atoms with van der Waals surface area (Å²) in [4.78, 5) is 48.2. The van der Waals surface area contributed by atoms with Crippen molar-refractivity contribution in [2.24, 2.45) is 0 Å². The molecule has 4 N–H and O–H groups in total. The van der Waals surface area contributed by atoms with E-state index >= 15 is 0 Å². The van der Waals surface area contributed by atoms with E-state index in [0.29, 0.717) is 12.1 Å². The zero-order valence-electron chi connectivity index (χ0n) is 18.5. The highest BCUT2D eigenvalue weighted by atomic mass is 31.0. The Bertz CT molecular complexity index is 811. The second kappa shape index (κ2) is 11.8. The monoisotopic (exact) mass is 457 g/mol. The summed E-state index contributed by atoms with van der Waals surface area (Å²) in [6.45, 7) is 9.16. The van der Waals surface area contributed by atoms with Crippen molar-refractivity contribution in [3.8, 4) is 0 Å². The molecule has 1 aromatic rings. The number of anilines is 1. The molecule has 2 unspecified atom stereocenters. The van der Waals surface area contributed by atoms with Gasteiger partial charge in [0.25, 0.3) is 0 Å². The molecule has 0 aromatic heterocycles. The second-order valence-electron chi connectivity index (χ2n) is 8.24. The van der Waals surface area contributed by atoms with Crippen LogP contribution in [0, 0.1) is 0 Å². The lowest BCUT2D eigenvalue weighted by atomic mass is 9.86. The van der Waals surface area contributed by atoms with Crippen LogP contribution in [0.5, 0.6) is 0 Å². The molecule has 0 aliphatic rings. The van der Waals surface area contributed by atoms with Crippen LogP contribution in [0.2, 0.25) is 0 Å². The number of para-hydroxylation sites is 1. The molecular weight excluding hydrogens is 421 g/mol. The van der Waals surface area contributed by atoms with Crippen LogP contribution in [0.15, 0.2) is 24.3 Å². The van der Waals surface area contributed by atoms with Gasteiger partial charge in [-0.2, -0.15) is 0 Å². The number of carbonyl (C=O) groups is 4. The van der Waals surface area contributed by atoms with Gasteiger partial charge >= 0.3 is 17.8 Å². The number of hydrogen-bond donors (Lipinski definition) is 4. The number of benzene rings is 1. The highest BCUT2D eigenvalue weighted by molar-refractivity contribution is 7.09. The van der Waals surface area contributed by atoms with Gasteiger partial charge in [0.2, 0.25) is 5.91 Å². The Morgan fingerprint density at radius 2 is 1.74 bits per heavy atom. The lowest BCUT2D eigenvalue weighted by Crippen LogP contribution is -2.53. The van der Waals surface area contributed by atoms with Crippen LogP contribution in [-0.2, 0) is 29.1 Å². The zero-order chi connectivity index (χ0) is 23.8. The van der Waals surface area contributed by atoms with Crippen molar-refractivity contribution in [3.63, 3.8) is 0 Å². The molecule has 0 saturated carbocycles. The van der Waals surface area contributed by atoms with E-state index in [-0.39, 0.29) is 13.3 Å². The summed E-state index contributed by atoms with van der Waals surface area (Å²) in [5.74, 6) is -3.60. The molecule has 31 heavy (non-hydrogen) atoms. The van der Waals surface area contributed by atoms with E-state index in [2.05, 4.69) is 25.4 Å². The van der Waals surface area contributed by atoms with E-state index in [9.17, 15) is 19.2 Å². The summed E-state index contributed by atoms with van der Waals surface area (Å²) in [6.07, 6.45) is -0.410. The maximum Gasteiger partial charge on any atom is 0.313 e. The highest BCUT2D eigenvalue weighted by Gasteiger charge is 2.28. The molecule has 0 heterocycles. The van der Waals surface area contributed by atoms with Crippen LogP contribution in [0.25, 0.3) is 0 Å². The molecule has 0 spiro atoms. The molecule has 10 heteroatoms. The predicted molar refractivity (Wildman–Crippen MR) is 123 cm³/mol. The maximum atomic E-state index is 12.5. The van der Waals surface area contributed by atoms with E-state index in [1.807, 2.05) is 32.9 Å². The van der Waals surface area contributed by atoms with Gasteiger partial charge in [0.05, 0.1) is 18.6 Å². The highest BCUT2D eigenvalue weighted by Crippen LogP contribution is 2.29. The van der Waals surface area contributed by atoms with Crippen LogP contribution >= 0.6 is 9.47 Å². The predicted octanol–water partition coefficient (Wildman–Crippen LogP) is 2.22. The molecule has 1 rings (SSSR count). The minimum atomic E-state index is -1.10. The number of carboxylic acids is 1. The fourth-order valence-electron chi connectivity index (χ4n) is 3.00. The van der Waals surface area contributed by atoms with Gasteiger partial charge in [-0.05, 0) is 30.4 Å². The molecule has 9 nitrogen and oxygen atoms in total. The number of rotatable bonds is 9. The van der Waals surface area contributed by atoms with Crippen LogP contribution < -0.4 is 16.0 Å². The summed E-state index contributed by atoms with van der Waals surface area (Å²) in [5.41, 5.74) is 1.13. The molecule has 1 aromatic carbocycles. The minimum Gasteiger partial charge on any atom is -0.481 e. The topological polar surface area (TPSA) is 134 Å². The summed E-state index contributed by atoms with van der Waals surface area (Å²) in [7, 11) is 2.06. The molecule has 174 valence electrons. The van der Waals surface area contributed by atoms with Crippen LogP contribution in [0.4, 0.5) is 5.69 Å². The molecule has 0 bridgehead atoms. The minimum absolute atomic E-state index is 0.